The van der Waals surface area contributed by atoms with Crippen molar-refractivity contribution in [3.8, 4) is 11.5 Å². The molecule has 3 aromatic carbocycles. The molecule has 34 heavy (non-hydrogen) atoms. The van der Waals surface area contributed by atoms with Crippen LogP contribution in [0.3, 0.4) is 0 Å². The summed E-state index contributed by atoms with van der Waals surface area (Å²) in [4.78, 5) is 36.9. The minimum atomic E-state index is -0.424. The summed E-state index contributed by atoms with van der Waals surface area (Å²) < 4.78 is 23.3. The van der Waals surface area contributed by atoms with Crippen molar-refractivity contribution < 1.29 is 28.2 Å². The van der Waals surface area contributed by atoms with E-state index in [9.17, 15) is 18.8 Å². The molecular formula is C25H24FN3O5. The van der Waals surface area contributed by atoms with Crippen molar-refractivity contribution in [1.82, 2.24) is 10.6 Å². The van der Waals surface area contributed by atoms with Gasteiger partial charge in [0.1, 0.15) is 17.3 Å². The molecule has 0 unspecified atom stereocenters. The number of halogens is 1. The van der Waals surface area contributed by atoms with E-state index in [2.05, 4.69) is 16.0 Å². The number of rotatable bonds is 9. The van der Waals surface area contributed by atoms with Gasteiger partial charge in [-0.2, -0.15) is 0 Å². The van der Waals surface area contributed by atoms with Gasteiger partial charge in [0.2, 0.25) is 0 Å². The Bertz CT molecular complexity index is 1160. The highest BCUT2D eigenvalue weighted by Gasteiger charge is 2.13. The number of nitrogens with one attached hydrogen (secondary N) is 3. The monoisotopic (exact) mass is 465 g/mol. The fraction of sp³-hybridized carbons (Fsp3) is 0.160. The van der Waals surface area contributed by atoms with E-state index in [1.165, 1.54) is 38.5 Å². The third-order valence-electron chi connectivity index (χ3n) is 4.86. The number of hydrogen-bond acceptors (Lipinski definition) is 5. The zero-order valence-corrected chi connectivity index (χ0v) is 18.7. The lowest BCUT2D eigenvalue weighted by Gasteiger charge is -2.11. The van der Waals surface area contributed by atoms with Crippen molar-refractivity contribution in [3.63, 3.8) is 0 Å². The van der Waals surface area contributed by atoms with Crippen molar-refractivity contribution in [2.45, 2.75) is 0 Å². The van der Waals surface area contributed by atoms with E-state index in [4.69, 9.17) is 9.47 Å². The van der Waals surface area contributed by atoms with E-state index < -0.39 is 5.82 Å². The van der Waals surface area contributed by atoms with Gasteiger partial charge in [-0.25, -0.2) is 4.39 Å². The molecule has 0 fully saturated rings. The predicted octanol–water partition coefficient (Wildman–Crippen LogP) is 3.26. The van der Waals surface area contributed by atoms with E-state index in [0.29, 0.717) is 33.9 Å². The van der Waals surface area contributed by atoms with E-state index in [1.54, 1.807) is 42.5 Å². The van der Waals surface area contributed by atoms with Gasteiger partial charge in [-0.15, -0.1) is 0 Å². The van der Waals surface area contributed by atoms with Gasteiger partial charge < -0.3 is 25.4 Å². The Labute approximate surface area is 196 Å². The molecule has 0 aromatic heterocycles. The van der Waals surface area contributed by atoms with Crippen LogP contribution in [0.15, 0.2) is 66.7 Å². The summed E-state index contributed by atoms with van der Waals surface area (Å²) in [5, 5.41) is 8.12. The largest absolute Gasteiger partial charge is 0.497 e. The predicted molar refractivity (Wildman–Crippen MR) is 125 cm³/mol. The molecule has 0 saturated heterocycles. The first kappa shape index (κ1) is 24.2. The minimum Gasteiger partial charge on any atom is -0.497 e. The zero-order valence-electron chi connectivity index (χ0n) is 18.7. The van der Waals surface area contributed by atoms with Gasteiger partial charge in [0, 0.05) is 36.0 Å². The number of benzene rings is 3. The Morgan fingerprint density at radius 3 is 1.94 bits per heavy atom. The third kappa shape index (κ3) is 6.32. The topological polar surface area (TPSA) is 106 Å². The van der Waals surface area contributed by atoms with Gasteiger partial charge in [-0.1, -0.05) is 0 Å². The molecule has 0 spiro atoms. The summed E-state index contributed by atoms with van der Waals surface area (Å²) >= 11 is 0. The molecule has 3 aromatic rings. The van der Waals surface area contributed by atoms with Crippen LogP contribution in [0.25, 0.3) is 0 Å². The minimum absolute atomic E-state index is 0.214. The van der Waals surface area contributed by atoms with Crippen molar-refractivity contribution in [2.75, 3.05) is 32.6 Å². The van der Waals surface area contributed by atoms with E-state index in [1.807, 2.05) is 0 Å². The van der Waals surface area contributed by atoms with Crippen molar-refractivity contribution >= 4 is 23.4 Å². The van der Waals surface area contributed by atoms with E-state index in [-0.39, 0.29) is 30.8 Å². The number of ether oxygens (including phenoxy) is 2. The smallest absolute Gasteiger partial charge is 0.255 e. The summed E-state index contributed by atoms with van der Waals surface area (Å²) in [5.74, 6) is -0.523. The van der Waals surface area contributed by atoms with Gasteiger partial charge in [0.15, 0.2) is 0 Å². The molecule has 9 heteroatoms. The molecule has 0 saturated carbocycles. The second-order valence-electron chi connectivity index (χ2n) is 7.12. The molecule has 0 aliphatic heterocycles. The van der Waals surface area contributed by atoms with Crippen molar-refractivity contribution in [1.29, 1.82) is 0 Å². The van der Waals surface area contributed by atoms with Crippen LogP contribution < -0.4 is 25.4 Å². The normalized spacial score (nSPS) is 10.2. The second-order valence-corrected chi connectivity index (χ2v) is 7.12. The summed E-state index contributed by atoms with van der Waals surface area (Å²) in [6.45, 7) is 0.428. The first-order valence-electron chi connectivity index (χ1n) is 10.4. The van der Waals surface area contributed by atoms with Crippen LogP contribution in [-0.2, 0) is 0 Å². The van der Waals surface area contributed by atoms with E-state index in [0.717, 1.165) is 0 Å². The second kappa shape index (κ2) is 11.5. The van der Waals surface area contributed by atoms with Crippen LogP contribution >= 0.6 is 0 Å². The lowest BCUT2D eigenvalue weighted by molar-refractivity contribution is 0.0926. The lowest BCUT2D eigenvalue weighted by atomic mass is 10.1. The molecule has 0 atom stereocenters. The lowest BCUT2D eigenvalue weighted by Crippen LogP contribution is -2.34. The molecular weight excluding hydrogens is 441 g/mol. The fourth-order valence-electron chi connectivity index (χ4n) is 3.04. The zero-order chi connectivity index (χ0) is 24.5. The standard InChI is InChI=1S/C25H24FN3O5/c1-33-20-11-12-21(22(15-20)34-2)25(32)28-14-13-27-23(30)16-5-9-19(10-6-16)29-24(31)17-3-7-18(26)8-4-17/h3-12,15H,13-14H2,1-2H3,(H,27,30)(H,28,32)(H,29,31). The molecule has 3 N–H and O–H groups in total. The highest BCUT2D eigenvalue weighted by molar-refractivity contribution is 6.04. The molecule has 176 valence electrons. The number of hydrogen-bond donors (Lipinski definition) is 3. The SMILES string of the molecule is COc1ccc(C(=O)NCCNC(=O)c2ccc(NC(=O)c3ccc(F)cc3)cc2)c(OC)c1. The number of carbonyl (C=O) groups is 3. The van der Waals surface area contributed by atoms with Crippen LogP contribution in [0.5, 0.6) is 11.5 Å². The quantitative estimate of drug-likeness (QED) is 0.421. The molecule has 3 rings (SSSR count). The number of carbonyl (C=O) groups excluding carboxylic acids is 3. The summed E-state index contributed by atoms with van der Waals surface area (Å²) in [6.07, 6.45) is 0. The maximum atomic E-state index is 13.0. The number of methoxy groups -OCH3 is 2. The van der Waals surface area contributed by atoms with Crippen LogP contribution in [0.2, 0.25) is 0 Å². The van der Waals surface area contributed by atoms with E-state index >= 15 is 0 Å². The van der Waals surface area contributed by atoms with Crippen LogP contribution in [0.1, 0.15) is 31.1 Å². The molecule has 0 bridgehead atoms. The Hall–Kier alpha value is -4.40. The van der Waals surface area contributed by atoms with Crippen molar-refractivity contribution in [3.05, 3.63) is 89.2 Å². The molecule has 0 aliphatic rings. The Kier molecular flexibility index (Phi) is 8.17. The first-order valence-corrected chi connectivity index (χ1v) is 10.4. The van der Waals surface area contributed by atoms with Gasteiger partial charge in [0.05, 0.1) is 19.8 Å². The van der Waals surface area contributed by atoms with Gasteiger partial charge in [-0.3, -0.25) is 14.4 Å². The number of amides is 3. The Morgan fingerprint density at radius 1 is 0.735 bits per heavy atom. The Morgan fingerprint density at radius 2 is 1.32 bits per heavy atom. The number of anilines is 1. The maximum absolute atomic E-state index is 13.0. The van der Waals surface area contributed by atoms with Gasteiger partial charge >= 0.3 is 0 Å². The average Bonchev–Trinajstić information content (AvgIpc) is 2.86. The van der Waals surface area contributed by atoms with Crippen LogP contribution in [0, 0.1) is 5.82 Å². The molecule has 3 amide bonds. The van der Waals surface area contributed by atoms with Gasteiger partial charge in [0.25, 0.3) is 17.7 Å². The summed E-state index contributed by atoms with van der Waals surface area (Å²) in [6, 6.07) is 16.4. The fourth-order valence-corrected chi connectivity index (χ4v) is 3.04. The molecule has 0 heterocycles. The van der Waals surface area contributed by atoms with Crippen LogP contribution in [-0.4, -0.2) is 45.0 Å². The summed E-state index contributed by atoms with van der Waals surface area (Å²) in [7, 11) is 2.99. The summed E-state index contributed by atoms with van der Waals surface area (Å²) in [5.41, 5.74) is 1.56. The molecule has 8 nitrogen and oxygen atoms in total. The van der Waals surface area contributed by atoms with Crippen molar-refractivity contribution in [2.24, 2.45) is 0 Å². The Balaban J connectivity index is 1.46. The van der Waals surface area contributed by atoms with Crippen LogP contribution in [0.4, 0.5) is 10.1 Å². The maximum Gasteiger partial charge on any atom is 0.255 e. The van der Waals surface area contributed by atoms with Gasteiger partial charge in [-0.05, 0) is 60.7 Å². The first-order chi connectivity index (χ1) is 16.4. The highest BCUT2D eigenvalue weighted by Crippen LogP contribution is 2.24. The highest BCUT2D eigenvalue weighted by atomic mass is 19.1. The average molecular weight is 465 g/mol. The molecule has 0 aliphatic carbocycles. The third-order valence-corrected chi connectivity index (χ3v) is 4.86. The molecule has 0 radical (unpaired) electrons.